The Labute approximate surface area is 119 Å². The van der Waals surface area contributed by atoms with Crippen LogP contribution < -0.4 is 0 Å². The van der Waals surface area contributed by atoms with Crippen molar-refractivity contribution in [1.82, 2.24) is 0 Å². The summed E-state index contributed by atoms with van der Waals surface area (Å²) < 4.78 is 41.0. The van der Waals surface area contributed by atoms with Gasteiger partial charge in [-0.1, -0.05) is 24.6 Å². The maximum Gasteiger partial charge on any atom is 0.297 e. The van der Waals surface area contributed by atoms with Gasteiger partial charge in [-0.2, -0.15) is 8.42 Å². The summed E-state index contributed by atoms with van der Waals surface area (Å²) in [5.41, 5.74) is 1.00. The minimum atomic E-state index is -3.78. The molecule has 110 valence electrons. The second-order valence-electron chi connectivity index (χ2n) is 5.48. The van der Waals surface area contributed by atoms with Crippen LogP contribution in [0.5, 0.6) is 0 Å². The summed E-state index contributed by atoms with van der Waals surface area (Å²) in [5, 5.41) is 0. The smallest absolute Gasteiger partial charge is 0.297 e. The fourth-order valence-electron chi connectivity index (χ4n) is 2.66. The molecule has 0 N–H and O–H groups in total. The van der Waals surface area contributed by atoms with E-state index in [0.29, 0.717) is 6.61 Å². The van der Waals surface area contributed by atoms with E-state index in [4.69, 9.17) is 13.7 Å². The van der Waals surface area contributed by atoms with Crippen LogP contribution in [0.4, 0.5) is 0 Å². The van der Waals surface area contributed by atoms with E-state index < -0.39 is 16.2 Å². The number of benzene rings is 1. The molecule has 2 saturated heterocycles. The topological polar surface area (TPSA) is 61.8 Å². The Hall–Kier alpha value is -0.950. The molecule has 0 bridgehead atoms. The summed E-state index contributed by atoms with van der Waals surface area (Å²) in [4.78, 5) is 0.164. The first-order valence-electron chi connectivity index (χ1n) is 6.70. The van der Waals surface area contributed by atoms with Gasteiger partial charge in [0.15, 0.2) is 0 Å². The number of hydrogen-bond donors (Lipinski definition) is 0. The molecular formula is C14H18O5S. The second-order valence-corrected chi connectivity index (χ2v) is 7.05. The molecule has 0 saturated carbocycles. The van der Waals surface area contributed by atoms with Crippen molar-refractivity contribution in [2.45, 2.75) is 37.1 Å². The standard InChI is InChI=1S/C14H18O5S/c1-9-3-5-11(6-4-9)20(15,16)19-12-8-18-13-10(2)7-17-14(12)13/h3-6,10,12-14H,7-8H2,1-2H3/t10-,12-,13-,14-/m1/s1. The van der Waals surface area contributed by atoms with Gasteiger partial charge in [0.05, 0.1) is 24.2 Å². The highest BCUT2D eigenvalue weighted by atomic mass is 32.2. The maximum absolute atomic E-state index is 12.2. The van der Waals surface area contributed by atoms with Crippen molar-refractivity contribution in [3.8, 4) is 0 Å². The lowest BCUT2D eigenvalue weighted by molar-refractivity contribution is 0.0328. The van der Waals surface area contributed by atoms with E-state index in [1.807, 2.05) is 13.8 Å². The lowest BCUT2D eigenvalue weighted by Crippen LogP contribution is -2.32. The van der Waals surface area contributed by atoms with Crippen LogP contribution in [0.25, 0.3) is 0 Å². The van der Waals surface area contributed by atoms with Crippen LogP contribution in [0.2, 0.25) is 0 Å². The van der Waals surface area contributed by atoms with Gasteiger partial charge < -0.3 is 9.47 Å². The molecule has 0 radical (unpaired) electrons. The molecule has 0 aliphatic carbocycles. The van der Waals surface area contributed by atoms with E-state index in [1.54, 1.807) is 24.3 Å². The van der Waals surface area contributed by atoms with E-state index in [-0.39, 0.29) is 29.6 Å². The first-order valence-corrected chi connectivity index (χ1v) is 8.11. The summed E-state index contributed by atoms with van der Waals surface area (Å²) in [5.74, 6) is 0.274. The van der Waals surface area contributed by atoms with Crippen LogP contribution in [0.1, 0.15) is 12.5 Å². The zero-order chi connectivity index (χ0) is 14.3. The average Bonchev–Trinajstić information content (AvgIpc) is 2.95. The van der Waals surface area contributed by atoms with Gasteiger partial charge in [-0.25, -0.2) is 0 Å². The van der Waals surface area contributed by atoms with E-state index in [1.165, 1.54) is 0 Å². The van der Waals surface area contributed by atoms with Crippen LogP contribution in [0, 0.1) is 12.8 Å². The largest absolute Gasteiger partial charge is 0.372 e. The summed E-state index contributed by atoms with van der Waals surface area (Å²) in [7, 11) is -3.78. The zero-order valence-electron chi connectivity index (χ0n) is 11.5. The summed E-state index contributed by atoms with van der Waals surface area (Å²) in [6.07, 6.45) is -0.908. The van der Waals surface area contributed by atoms with Gasteiger partial charge in [-0.15, -0.1) is 0 Å². The molecule has 2 aliphatic rings. The van der Waals surface area contributed by atoms with Crippen molar-refractivity contribution in [2.75, 3.05) is 13.2 Å². The highest BCUT2D eigenvalue weighted by Gasteiger charge is 2.48. The molecule has 1 aromatic rings. The summed E-state index contributed by atoms with van der Waals surface area (Å²) in [6.45, 7) is 4.77. The lowest BCUT2D eigenvalue weighted by atomic mass is 10.0. The fraction of sp³-hybridized carbons (Fsp3) is 0.571. The zero-order valence-corrected chi connectivity index (χ0v) is 12.3. The molecule has 0 spiro atoms. The molecule has 6 heteroatoms. The maximum atomic E-state index is 12.2. The van der Waals surface area contributed by atoms with Crippen molar-refractivity contribution in [3.05, 3.63) is 29.8 Å². The third-order valence-corrected chi connectivity index (χ3v) is 5.17. The van der Waals surface area contributed by atoms with Crippen LogP contribution in [-0.2, 0) is 23.8 Å². The minimum Gasteiger partial charge on any atom is -0.372 e. The summed E-state index contributed by atoms with van der Waals surface area (Å²) >= 11 is 0. The summed E-state index contributed by atoms with van der Waals surface area (Å²) in [6, 6.07) is 6.60. The predicted octanol–water partition coefficient (Wildman–Crippen LogP) is 1.50. The van der Waals surface area contributed by atoms with Gasteiger partial charge in [0.25, 0.3) is 10.1 Å². The van der Waals surface area contributed by atoms with E-state index in [2.05, 4.69) is 0 Å². The third-order valence-electron chi connectivity index (χ3n) is 3.82. The van der Waals surface area contributed by atoms with Gasteiger partial charge in [0.2, 0.25) is 0 Å². The Morgan fingerprint density at radius 2 is 1.75 bits per heavy atom. The van der Waals surface area contributed by atoms with Crippen molar-refractivity contribution >= 4 is 10.1 Å². The molecule has 4 atom stereocenters. The monoisotopic (exact) mass is 298 g/mol. The Bertz CT molecular complexity index is 580. The molecular weight excluding hydrogens is 280 g/mol. The number of fused-ring (bicyclic) bond motifs is 1. The highest BCUT2D eigenvalue weighted by molar-refractivity contribution is 7.86. The number of ether oxygens (including phenoxy) is 2. The first kappa shape index (κ1) is 14.0. The van der Waals surface area contributed by atoms with Gasteiger partial charge in [-0.05, 0) is 19.1 Å². The fourth-order valence-corrected chi connectivity index (χ4v) is 3.73. The normalized spacial score (nSPS) is 33.3. The Morgan fingerprint density at radius 3 is 2.45 bits per heavy atom. The molecule has 5 nitrogen and oxygen atoms in total. The third kappa shape index (κ3) is 2.48. The van der Waals surface area contributed by atoms with Gasteiger partial charge >= 0.3 is 0 Å². The quantitative estimate of drug-likeness (QED) is 0.791. The van der Waals surface area contributed by atoms with Gasteiger partial charge in [0.1, 0.15) is 12.2 Å². The minimum absolute atomic E-state index is 0.0618. The molecule has 1 aromatic carbocycles. The number of hydrogen-bond acceptors (Lipinski definition) is 5. The first-order chi connectivity index (χ1) is 9.47. The molecule has 0 aromatic heterocycles. The SMILES string of the molecule is Cc1ccc(S(=O)(=O)O[C@@H]2CO[C@H]3[C@@H]2OC[C@H]3C)cc1. The van der Waals surface area contributed by atoms with Gasteiger partial charge in [-0.3, -0.25) is 4.18 Å². The Balaban J connectivity index is 1.76. The molecule has 0 amide bonds. The highest BCUT2D eigenvalue weighted by Crippen LogP contribution is 2.33. The molecule has 3 rings (SSSR count). The molecule has 2 heterocycles. The van der Waals surface area contributed by atoms with Crippen LogP contribution in [0.3, 0.4) is 0 Å². The van der Waals surface area contributed by atoms with E-state index in [0.717, 1.165) is 5.56 Å². The van der Waals surface area contributed by atoms with Crippen molar-refractivity contribution in [3.63, 3.8) is 0 Å². The van der Waals surface area contributed by atoms with Crippen molar-refractivity contribution in [2.24, 2.45) is 5.92 Å². The number of aryl methyl sites for hydroxylation is 1. The molecule has 2 fully saturated rings. The average molecular weight is 298 g/mol. The molecule has 2 aliphatic heterocycles. The number of rotatable bonds is 3. The lowest BCUT2D eigenvalue weighted by Gasteiger charge is -2.16. The van der Waals surface area contributed by atoms with Crippen molar-refractivity contribution in [1.29, 1.82) is 0 Å². The van der Waals surface area contributed by atoms with Crippen LogP contribution in [0.15, 0.2) is 29.2 Å². The second kappa shape index (κ2) is 5.11. The Kier molecular flexibility index (Phi) is 3.58. The van der Waals surface area contributed by atoms with Crippen molar-refractivity contribution < 1.29 is 22.1 Å². The van der Waals surface area contributed by atoms with Crippen LogP contribution >= 0.6 is 0 Å². The van der Waals surface area contributed by atoms with Crippen LogP contribution in [-0.4, -0.2) is 39.9 Å². The Morgan fingerprint density at radius 1 is 1.10 bits per heavy atom. The molecule has 20 heavy (non-hydrogen) atoms. The van der Waals surface area contributed by atoms with E-state index >= 15 is 0 Å². The van der Waals surface area contributed by atoms with Gasteiger partial charge in [0, 0.05) is 5.92 Å². The van der Waals surface area contributed by atoms with E-state index in [9.17, 15) is 8.42 Å². The molecule has 0 unspecified atom stereocenters. The predicted molar refractivity (Wildman–Crippen MR) is 71.9 cm³/mol.